The highest BCUT2D eigenvalue weighted by Gasteiger charge is 2.15. The average molecular weight is 347 g/mol. The summed E-state index contributed by atoms with van der Waals surface area (Å²) in [5.74, 6) is 0.286. The van der Waals surface area contributed by atoms with Gasteiger partial charge in [-0.25, -0.2) is 4.79 Å². The summed E-state index contributed by atoms with van der Waals surface area (Å²) >= 11 is 1.21. The van der Waals surface area contributed by atoms with Crippen molar-refractivity contribution in [2.75, 3.05) is 19.0 Å². The number of ether oxygens (including phenoxy) is 2. The van der Waals surface area contributed by atoms with E-state index < -0.39 is 5.97 Å². The number of amides is 1. The summed E-state index contributed by atoms with van der Waals surface area (Å²) in [7, 11) is 1.31. The summed E-state index contributed by atoms with van der Waals surface area (Å²) in [5, 5.41) is 4.38. The number of aryl methyl sites for hydroxylation is 1. The number of thiophene rings is 1. The standard InChI is InChI=1S/C18H21NO4S/c1-11(2)14-6-5-13(9-12(14)3)23-10-16(20)19-15-7-8-24-17(15)18(21)22-4/h5-9,11H,10H2,1-4H3,(H,19,20). The van der Waals surface area contributed by atoms with Gasteiger partial charge in [0.2, 0.25) is 0 Å². The Labute approximate surface area is 145 Å². The van der Waals surface area contributed by atoms with Crippen molar-refractivity contribution in [2.24, 2.45) is 0 Å². The SMILES string of the molecule is COC(=O)c1sccc1NC(=O)COc1ccc(C(C)C)c(C)c1. The minimum absolute atomic E-state index is 0.128. The van der Waals surface area contributed by atoms with Crippen molar-refractivity contribution < 1.29 is 19.1 Å². The van der Waals surface area contributed by atoms with Gasteiger partial charge >= 0.3 is 5.97 Å². The molecule has 0 unspecified atom stereocenters. The summed E-state index contributed by atoms with van der Waals surface area (Å²) in [6, 6.07) is 7.46. The van der Waals surface area contributed by atoms with Crippen LogP contribution < -0.4 is 10.1 Å². The van der Waals surface area contributed by atoms with Crippen molar-refractivity contribution in [1.82, 2.24) is 0 Å². The molecule has 5 nitrogen and oxygen atoms in total. The Morgan fingerprint density at radius 2 is 2.00 bits per heavy atom. The van der Waals surface area contributed by atoms with Gasteiger partial charge in [-0.05, 0) is 47.5 Å². The van der Waals surface area contributed by atoms with Crippen LogP contribution >= 0.6 is 11.3 Å². The number of nitrogens with one attached hydrogen (secondary N) is 1. The van der Waals surface area contributed by atoms with Gasteiger partial charge in [0.25, 0.3) is 5.91 Å². The van der Waals surface area contributed by atoms with Crippen molar-refractivity contribution in [1.29, 1.82) is 0 Å². The molecule has 0 spiro atoms. The van der Waals surface area contributed by atoms with E-state index in [9.17, 15) is 9.59 Å². The molecule has 2 rings (SSSR count). The first-order valence-corrected chi connectivity index (χ1v) is 8.49. The van der Waals surface area contributed by atoms with Crippen LogP contribution in [0.15, 0.2) is 29.6 Å². The second kappa shape index (κ2) is 7.97. The summed E-state index contributed by atoms with van der Waals surface area (Å²) in [5.41, 5.74) is 2.83. The minimum Gasteiger partial charge on any atom is -0.484 e. The topological polar surface area (TPSA) is 64.6 Å². The van der Waals surface area contributed by atoms with Crippen LogP contribution in [0.25, 0.3) is 0 Å². The fourth-order valence-corrected chi connectivity index (χ4v) is 3.15. The molecule has 1 aromatic heterocycles. The predicted octanol–water partition coefficient (Wildman–Crippen LogP) is 3.98. The number of methoxy groups -OCH3 is 1. The van der Waals surface area contributed by atoms with Crippen LogP contribution in [0.4, 0.5) is 5.69 Å². The van der Waals surface area contributed by atoms with Gasteiger partial charge in [-0.1, -0.05) is 19.9 Å². The number of anilines is 1. The molecule has 0 saturated carbocycles. The Morgan fingerprint density at radius 3 is 2.62 bits per heavy atom. The summed E-state index contributed by atoms with van der Waals surface area (Å²) in [6.45, 7) is 6.17. The molecule has 0 saturated heterocycles. The number of carbonyl (C=O) groups is 2. The smallest absolute Gasteiger partial charge is 0.350 e. The summed E-state index contributed by atoms with van der Waals surface area (Å²) in [4.78, 5) is 24.0. The Kier molecular flexibility index (Phi) is 5.98. The van der Waals surface area contributed by atoms with E-state index in [4.69, 9.17) is 4.74 Å². The molecule has 6 heteroatoms. The van der Waals surface area contributed by atoms with E-state index in [1.807, 2.05) is 25.1 Å². The van der Waals surface area contributed by atoms with E-state index in [1.54, 1.807) is 11.4 Å². The first-order chi connectivity index (χ1) is 11.4. The lowest BCUT2D eigenvalue weighted by Gasteiger charge is -2.12. The van der Waals surface area contributed by atoms with E-state index in [-0.39, 0.29) is 12.5 Å². The third-order valence-electron chi connectivity index (χ3n) is 3.54. The molecule has 24 heavy (non-hydrogen) atoms. The second-order valence-electron chi connectivity index (χ2n) is 5.66. The molecular formula is C18H21NO4S. The zero-order valence-electron chi connectivity index (χ0n) is 14.2. The third kappa shape index (κ3) is 4.35. The van der Waals surface area contributed by atoms with Crippen LogP contribution in [0, 0.1) is 6.92 Å². The Bertz CT molecular complexity index is 736. The van der Waals surface area contributed by atoms with Crippen LogP contribution in [0.3, 0.4) is 0 Å². The van der Waals surface area contributed by atoms with Gasteiger partial charge < -0.3 is 14.8 Å². The van der Waals surface area contributed by atoms with Crippen LogP contribution in [0.1, 0.15) is 40.6 Å². The van der Waals surface area contributed by atoms with Crippen molar-refractivity contribution in [3.05, 3.63) is 45.6 Å². The van der Waals surface area contributed by atoms with Crippen molar-refractivity contribution in [3.8, 4) is 5.75 Å². The molecular weight excluding hydrogens is 326 g/mol. The first-order valence-electron chi connectivity index (χ1n) is 7.61. The molecule has 2 aromatic rings. The molecule has 0 bridgehead atoms. The lowest BCUT2D eigenvalue weighted by atomic mass is 9.98. The van der Waals surface area contributed by atoms with Gasteiger partial charge in [0, 0.05) is 0 Å². The van der Waals surface area contributed by atoms with E-state index >= 15 is 0 Å². The number of benzene rings is 1. The van der Waals surface area contributed by atoms with E-state index in [2.05, 4.69) is 23.9 Å². The van der Waals surface area contributed by atoms with Crippen LogP contribution in [-0.2, 0) is 9.53 Å². The van der Waals surface area contributed by atoms with Crippen molar-refractivity contribution >= 4 is 28.9 Å². The van der Waals surface area contributed by atoms with Crippen LogP contribution in [0.5, 0.6) is 5.75 Å². The largest absolute Gasteiger partial charge is 0.484 e. The van der Waals surface area contributed by atoms with Gasteiger partial charge in [0.1, 0.15) is 10.6 Å². The number of hydrogen-bond acceptors (Lipinski definition) is 5. The van der Waals surface area contributed by atoms with Crippen molar-refractivity contribution in [3.63, 3.8) is 0 Å². The molecule has 1 N–H and O–H groups in total. The van der Waals surface area contributed by atoms with E-state index in [1.165, 1.54) is 24.0 Å². The highest BCUT2D eigenvalue weighted by Crippen LogP contribution is 2.24. The van der Waals surface area contributed by atoms with Gasteiger partial charge in [-0.3, -0.25) is 4.79 Å². The highest BCUT2D eigenvalue weighted by atomic mass is 32.1. The van der Waals surface area contributed by atoms with Gasteiger partial charge in [-0.15, -0.1) is 11.3 Å². The fourth-order valence-electron chi connectivity index (χ4n) is 2.38. The zero-order valence-corrected chi connectivity index (χ0v) is 15.0. The minimum atomic E-state index is -0.471. The number of rotatable bonds is 6. The van der Waals surface area contributed by atoms with Crippen LogP contribution in [-0.4, -0.2) is 25.6 Å². The second-order valence-corrected chi connectivity index (χ2v) is 6.58. The molecule has 128 valence electrons. The number of carbonyl (C=O) groups excluding carboxylic acids is 2. The van der Waals surface area contributed by atoms with E-state index in [0.29, 0.717) is 22.2 Å². The molecule has 1 heterocycles. The van der Waals surface area contributed by atoms with Crippen LogP contribution in [0.2, 0.25) is 0 Å². The number of esters is 1. The predicted molar refractivity (Wildman–Crippen MR) is 95.1 cm³/mol. The van der Waals surface area contributed by atoms with Gasteiger partial charge in [0.15, 0.2) is 6.61 Å². The monoisotopic (exact) mass is 347 g/mol. The molecule has 0 aliphatic heterocycles. The zero-order chi connectivity index (χ0) is 17.7. The quantitative estimate of drug-likeness (QED) is 0.803. The normalized spacial score (nSPS) is 10.5. The Hall–Kier alpha value is -2.34. The summed E-state index contributed by atoms with van der Waals surface area (Å²) in [6.07, 6.45) is 0. The Morgan fingerprint density at radius 1 is 1.25 bits per heavy atom. The third-order valence-corrected chi connectivity index (χ3v) is 4.44. The fraction of sp³-hybridized carbons (Fsp3) is 0.333. The average Bonchev–Trinajstić information content (AvgIpc) is 3.00. The maximum Gasteiger partial charge on any atom is 0.350 e. The molecule has 0 radical (unpaired) electrons. The molecule has 0 atom stereocenters. The maximum absolute atomic E-state index is 12.0. The van der Waals surface area contributed by atoms with Gasteiger partial charge in [0.05, 0.1) is 12.8 Å². The molecule has 0 aliphatic rings. The summed E-state index contributed by atoms with van der Waals surface area (Å²) < 4.78 is 10.2. The molecule has 0 aliphatic carbocycles. The Balaban J connectivity index is 1.96. The molecule has 1 aromatic carbocycles. The lowest BCUT2D eigenvalue weighted by molar-refractivity contribution is -0.118. The molecule has 0 fully saturated rings. The lowest BCUT2D eigenvalue weighted by Crippen LogP contribution is -2.21. The maximum atomic E-state index is 12.0. The molecule has 1 amide bonds. The highest BCUT2D eigenvalue weighted by molar-refractivity contribution is 7.12. The van der Waals surface area contributed by atoms with Gasteiger partial charge in [-0.2, -0.15) is 0 Å². The van der Waals surface area contributed by atoms with E-state index in [0.717, 1.165) is 5.56 Å². The first kappa shape index (κ1) is 18.0. The number of hydrogen-bond donors (Lipinski definition) is 1. The van der Waals surface area contributed by atoms with Crippen molar-refractivity contribution in [2.45, 2.75) is 26.7 Å².